The van der Waals surface area contributed by atoms with Crippen molar-refractivity contribution in [3.05, 3.63) is 63.5 Å². The minimum atomic E-state index is -3.93. The van der Waals surface area contributed by atoms with E-state index in [1.807, 2.05) is 0 Å². The van der Waals surface area contributed by atoms with E-state index in [0.717, 1.165) is 6.07 Å². The van der Waals surface area contributed by atoms with Crippen molar-refractivity contribution in [3.8, 4) is 5.75 Å². The van der Waals surface area contributed by atoms with Gasteiger partial charge in [-0.3, -0.25) is 14.9 Å². The highest BCUT2D eigenvalue weighted by Gasteiger charge is 2.34. The van der Waals surface area contributed by atoms with Crippen LogP contribution in [-0.4, -0.2) is 55.7 Å². The number of rotatable bonds is 7. The Balaban J connectivity index is 1.65. The summed E-state index contributed by atoms with van der Waals surface area (Å²) in [7, 11) is -0.927. The van der Waals surface area contributed by atoms with E-state index in [0.29, 0.717) is 24.0 Å². The number of nitrogens with zero attached hydrogens (tertiary/aromatic N) is 3. The van der Waals surface area contributed by atoms with Crippen LogP contribution in [0.4, 0.5) is 10.1 Å². The number of non-ortho nitro benzene ring substituents is 1. The first kappa shape index (κ1) is 24.6. The summed E-state index contributed by atoms with van der Waals surface area (Å²) in [5, 5.41) is 11.1. The van der Waals surface area contributed by atoms with Crippen molar-refractivity contribution in [2.45, 2.75) is 31.2 Å². The number of hydrogen-bond acceptors (Lipinski definition) is 6. The van der Waals surface area contributed by atoms with Gasteiger partial charge in [0.1, 0.15) is 0 Å². The van der Waals surface area contributed by atoms with Crippen molar-refractivity contribution in [3.63, 3.8) is 0 Å². The lowest BCUT2D eigenvalue weighted by Crippen LogP contribution is -2.43. The second-order valence-electron chi connectivity index (χ2n) is 8.05. The molecule has 0 spiro atoms. The summed E-state index contributed by atoms with van der Waals surface area (Å²) >= 11 is 0. The third-order valence-corrected chi connectivity index (χ3v) is 7.86. The molecule has 0 N–H and O–H groups in total. The van der Waals surface area contributed by atoms with Gasteiger partial charge in [-0.1, -0.05) is 12.1 Å². The molecule has 178 valence electrons. The van der Waals surface area contributed by atoms with Gasteiger partial charge in [0.2, 0.25) is 15.9 Å². The minimum absolute atomic E-state index is 0.0971. The fourth-order valence-electron chi connectivity index (χ4n) is 3.93. The number of methoxy groups -OCH3 is 1. The van der Waals surface area contributed by atoms with E-state index in [-0.39, 0.29) is 47.8 Å². The molecule has 0 aromatic heterocycles. The van der Waals surface area contributed by atoms with E-state index in [1.165, 1.54) is 40.6 Å². The van der Waals surface area contributed by atoms with Crippen molar-refractivity contribution in [2.24, 2.45) is 5.92 Å². The number of nitro groups is 1. The fourth-order valence-corrected chi connectivity index (χ4v) is 5.65. The highest BCUT2D eigenvalue weighted by atomic mass is 32.2. The molecule has 2 aromatic rings. The minimum Gasteiger partial charge on any atom is -0.494 e. The van der Waals surface area contributed by atoms with E-state index in [4.69, 9.17) is 4.74 Å². The van der Waals surface area contributed by atoms with Crippen LogP contribution in [0.15, 0.2) is 41.3 Å². The Morgan fingerprint density at radius 1 is 1.24 bits per heavy atom. The van der Waals surface area contributed by atoms with Crippen molar-refractivity contribution >= 4 is 21.6 Å². The molecule has 3 rings (SSSR count). The normalized spacial score (nSPS) is 15.3. The summed E-state index contributed by atoms with van der Waals surface area (Å²) in [6.45, 7) is 2.06. The van der Waals surface area contributed by atoms with Gasteiger partial charge < -0.3 is 9.64 Å². The summed E-state index contributed by atoms with van der Waals surface area (Å²) in [5.74, 6) is -0.892. The van der Waals surface area contributed by atoms with Gasteiger partial charge in [-0.05, 0) is 43.0 Å². The highest BCUT2D eigenvalue weighted by Crippen LogP contribution is 2.29. The summed E-state index contributed by atoms with van der Waals surface area (Å²) < 4.78 is 46.2. The van der Waals surface area contributed by atoms with Gasteiger partial charge in [0, 0.05) is 44.7 Å². The van der Waals surface area contributed by atoms with Gasteiger partial charge in [0.15, 0.2) is 11.6 Å². The lowest BCUT2D eigenvalue weighted by Gasteiger charge is -2.32. The number of sulfonamides is 1. The number of ether oxygens (including phenoxy) is 1. The number of piperidine rings is 1. The lowest BCUT2D eigenvalue weighted by atomic mass is 9.96. The van der Waals surface area contributed by atoms with Crippen LogP contribution in [0.25, 0.3) is 0 Å². The summed E-state index contributed by atoms with van der Waals surface area (Å²) in [5.41, 5.74) is 0.747. The zero-order valence-corrected chi connectivity index (χ0v) is 19.5. The Labute approximate surface area is 192 Å². The summed E-state index contributed by atoms with van der Waals surface area (Å²) in [6.07, 6.45) is 0.653. The topological polar surface area (TPSA) is 110 Å². The van der Waals surface area contributed by atoms with Crippen LogP contribution in [-0.2, 0) is 21.4 Å². The molecule has 0 bridgehead atoms. The van der Waals surface area contributed by atoms with Crippen molar-refractivity contribution in [2.75, 3.05) is 27.2 Å². The molecule has 1 aliphatic rings. The molecular weight excluding hydrogens is 453 g/mol. The Bertz CT molecular complexity index is 1160. The second-order valence-corrected chi connectivity index (χ2v) is 9.95. The molecule has 11 heteroatoms. The van der Waals surface area contributed by atoms with Crippen LogP contribution in [0.5, 0.6) is 5.75 Å². The van der Waals surface area contributed by atoms with Crippen LogP contribution in [0.2, 0.25) is 0 Å². The molecule has 0 saturated carbocycles. The zero-order valence-electron chi connectivity index (χ0n) is 18.7. The van der Waals surface area contributed by atoms with Crippen LogP contribution in [0, 0.1) is 28.8 Å². The first-order valence-electron chi connectivity index (χ1n) is 10.4. The fraction of sp³-hybridized carbons (Fsp3) is 0.409. The Kier molecular flexibility index (Phi) is 7.33. The summed E-state index contributed by atoms with van der Waals surface area (Å²) in [6, 6.07) is 8.26. The molecule has 0 unspecified atom stereocenters. The van der Waals surface area contributed by atoms with Gasteiger partial charge in [-0.25, -0.2) is 12.8 Å². The van der Waals surface area contributed by atoms with Crippen LogP contribution in [0.3, 0.4) is 0 Å². The van der Waals surface area contributed by atoms with Crippen LogP contribution < -0.4 is 4.74 Å². The molecule has 33 heavy (non-hydrogen) atoms. The zero-order chi connectivity index (χ0) is 24.3. The van der Waals surface area contributed by atoms with Gasteiger partial charge in [0.25, 0.3) is 5.69 Å². The van der Waals surface area contributed by atoms with Gasteiger partial charge in [-0.2, -0.15) is 4.31 Å². The van der Waals surface area contributed by atoms with Gasteiger partial charge in [0.05, 0.1) is 16.9 Å². The van der Waals surface area contributed by atoms with Crippen molar-refractivity contribution in [1.29, 1.82) is 0 Å². The molecule has 9 nitrogen and oxygen atoms in total. The molecule has 1 saturated heterocycles. The standard InChI is InChI=1S/C22H26FN3O6S/c1-15-4-6-18(26(28)29)13-21(15)33(30,31)25-10-8-17(9-11-25)22(27)24(2)14-16-5-7-20(32-3)19(23)12-16/h4-7,12-13,17H,8-11,14H2,1-3H3. The van der Waals surface area contributed by atoms with Crippen LogP contribution >= 0.6 is 0 Å². The molecule has 1 aliphatic heterocycles. The predicted octanol–water partition coefficient (Wildman–Crippen LogP) is 3.11. The maximum absolute atomic E-state index is 13.9. The monoisotopic (exact) mass is 479 g/mol. The molecule has 0 aliphatic carbocycles. The first-order valence-corrected chi connectivity index (χ1v) is 11.8. The van der Waals surface area contributed by atoms with Gasteiger partial charge in [-0.15, -0.1) is 0 Å². The molecule has 1 amide bonds. The Morgan fingerprint density at radius 2 is 1.91 bits per heavy atom. The van der Waals surface area contributed by atoms with Crippen molar-refractivity contribution in [1.82, 2.24) is 9.21 Å². The van der Waals surface area contributed by atoms with Gasteiger partial charge >= 0.3 is 0 Å². The number of carbonyl (C=O) groups excluding carboxylic acids is 1. The first-order chi connectivity index (χ1) is 15.5. The number of hydrogen-bond donors (Lipinski definition) is 0. The summed E-state index contributed by atoms with van der Waals surface area (Å²) in [4.78, 5) is 24.7. The van der Waals surface area contributed by atoms with E-state index in [9.17, 15) is 27.7 Å². The Hall–Kier alpha value is -3.05. The number of nitro benzene ring substituents is 1. The second kappa shape index (κ2) is 9.84. The van der Waals surface area contributed by atoms with E-state index < -0.39 is 20.8 Å². The SMILES string of the molecule is COc1ccc(CN(C)C(=O)C2CCN(S(=O)(=O)c3cc([N+](=O)[O-])ccc3C)CC2)cc1F. The smallest absolute Gasteiger partial charge is 0.270 e. The Morgan fingerprint density at radius 3 is 2.48 bits per heavy atom. The number of carbonyl (C=O) groups is 1. The quantitative estimate of drug-likeness (QED) is 0.446. The predicted molar refractivity (Wildman–Crippen MR) is 119 cm³/mol. The molecule has 1 fully saturated rings. The maximum atomic E-state index is 13.9. The average Bonchev–Trinajstić information content (AvgIpc) is 2.78. The largest absolute Gasteiger partial charge is 0.494 e. The van der Waals surface area contributed by atoms with E-state index >= 15 is 0 Å². The number of aryl methyl sites for hydroxylation is 1. The third kappa shape index (κ3) is 5.31. The number of halogens is 1. The van der Waals surface area contributed by atoms with E-state index in [1.54, 1.807) is 20.0 Å². The molecule has 0 radical (unpaired) electrons. The molecule has 0 atom stereocenters. The van der Waals surface area contributed by atoms with E-state index in [2.05, 4.69) is 0 Å². The maximum Gasteiger partial charge on any atom is 0.270 e. The lowest BCUT2D eigenvalue weighted by molar-refractivity contribution is -0.385. The highest BCUT2D eigenvalue weighted by molar-refractivity contribution is 7.89. The van der Waals surface area contributed by atoms with Crippen LogP contribution in [0.1, 0.15) is 24.0 Å². The average molecular weight is 480 g/mol. The number of amides is 1. The molecule has 2 aromatic carbocycles. The molecule has 1 heterocycles. The third-order valence-electron chi connectivity index (χ3n) is 5.82. The number of benzene rings is 2. The van der Waals surface area contributed by atoms with Crippen molar-refractivity contribution < 1.29 is 27.3 Å². The molecular formula is C22H26FN3O6S.